The largest absolute Gasteiger partial charge is 0.431 e. The van der Waals surface area contributed by atoms with Gasteiger partial charge in [0.25, 0.3) is 5.56 Å². The van der Waals surface area contributed by atoms with Crippen molar-refractivity contribution in [3.05, 3.63) is 32.6 Å². The van der Waals surface area contributed by atoms with Crippen molar-refractivity contribution in [1.29, 1.82) is 0 Å². The summed E-state index contributed by atoms with van der Waals surface area (Å²) < 4.78 is 39.0. The topological polar surface area (TPSA) is 44.0 Å². The number of nitrogens with zero attached hydrogens (tertiary/aromatic N) is 2. The molecule has 0 spiro atoms. The molecule has 1 aromatic rings. The van der Waals surface area contributed by atoms with Crippen LogP contribution in [-0.2, 0) is 13.2 Å². The van der Waals surface area contributed by atoms with Crippen LogP contribution in [0.5, 0.6) is 0 Å². The Hall–Kier alpha value is -1.53. The third kappa shape index (κ3) is 2.02. The van der Waals surface area contributed by atoms with Crippen LogP contribution >= 0.6 is 0 Å². The van der Waals surface area contributed by atoms with Gasteiger partial charge in [-0.1, -0.05) is 0 Å². The summed E-state index contributed by atoms with van der Waals surface area (Å²) in [6.07, 6.45) is -4.71. The van der Waals surface area contributed by atoms with Crippen molar-refractivity contribution in [3.63, 3.8) is 0 Å². The predicted octanol–water partition coefficient (Wildman–Crippen LogP) is 1.15. The number of alkyl halides is 3. The molecule has 16 heavy (non-hydrogen) atoms. The summed E-state index contributed by atoms with van der Waals surface area (Å²) in [6, 6.07) is -0.238. The first-order valence-electron chi connectivity index (χ1n) is 4.56. The summed E-state index contributed by atoms with van der Waals surface area (Å²) in [7, 11) is 1.14. The SMILES string of the molecule is CC(C)n1c(C(F)(F)F)cc(=O)n(C)c1=O. The van der Waals surface area contributed by atoms with E-state index in [4.69, 9.17) is 0 Å². The highest BCUT2D eigenvalue weighted by molar-refractivity contribution is 5.07. The van der Waals surface area contributed by atoms with Crippen molar-refractivity contribution >= 4 is 0 Å². The molecule has 7 heteroatoms. The molecule has 0 N–H and O–H groups in total. The molecule has 0 aromatic carbocycles. The lowest BCUT2D eigenvalue weighted by atomic mass is 10.3. The van der Waals surface area contributed by atoms with Gasteiger partial charge in [-0.3, -0.25) is 13.9 Å². The van der Waals surface area contributed by atoms with Gasteiger partial charge < -0.3 is 0 Å². The number of rotatable bonds is 1. The Morgan fingerprint density at radius 1 is 1.25 bits per heavy atom. The Labute approximate surface area is 88.9 Å². The molecule has 0 aliphatic heterocycles. The molecule has 0 bridgehead atoms. The van der Waals surface area contributed by atoms with Gasteiger partial charge in [-0.2, -0.15) is 13.2 Å². The van der Waals surface area contributed by atoms with E-state index in [1.54, 1.807) is 0 Å². The second kappa shape index (κ2) is 3.80. The molecule has 0 saturated heterocycles. The molecule has 0 aliphatic rings. The van der Waals surface area contributed by atoms with Crippen LogP contribution in [0.1, 0.15) is 25.6 Å². The molecule has 1 rings (SSSR count). The van der Waals surface area contributed by atoms with E-state index in [0.717, 1.165) is 7.05 Å². The van der Waals surface area contributed by atoms with E-state index < -0.39 is 29.2 Å². The second-order valence-electron chi connectivity index (χ2n) is 3.67. The molecular weight excluding hydrogens is 225 g/mol. The van der Waals surface area contributed by atoms with E-state index in [0.29, 0.717) is 15.2 Å². The molecule has 0 fully saturated rings. The van der Waals surface area contributed by atoms with Crippen LogP contribution < -0.4 is 11.2 Å². The zero-order valence-corrected chi connectivity index (χ0v) is 9.00. The van der Waals surface area contributed by atoms with E-state index in [9.17, 15) is 22.8 Å². The summed E-state index contributed by atoms with van der Waals surface area (Å²) in [4.78, 5) is 22.7. The maximum atomic E-state index is 12.6. The normalized spacial score (nSPS) is 12.2. The fraction of sp³-hybridized carbons (Fsp3) is 0.556. The van der Waals surface area contributed by atoms with Crippen LogP contribution in [0.4, 0.5) is 13.2 Å². The molecule has 1 heterocycles. The summed E-state index contributed by atoms with van der Waals surface area (Å²) in [5.41, 5.74) is -3.14. The fourth-order valence-corrected chi connectivity index (χ4v) is 1.36. The molecule has 0 atom stereocenters. The Balaban J connectivity index is 3.75. The highest BCUT2D eigenvalue weighted by Gasteiger charge is 2.36. The van der Waals surface area contributed by atoms with Crippen LogP contribution in [0.25, 0.3) is 0 Å². The van der Waals surface area contributed by atoms with E-state index in [1.807, 2.05) is 0 Å². The van der Waals surface area contributed by atoms with Crippen molar-refractivity contribution in [1.82, 2.24) is 9.13 Å². The third-order valence-corrected chi connectivity index (χ3v) is 2.15. The van der Waals surface area contributed by atoms with Crippen molar-refractivity contribution < 1.29 is 13.2 Å². The third-order valence-electron chi connectivity index (χ3n) is 2.15. The first-order chi connectivity index (χ1) is 7.16. The average Bonchev–Trinajstić information content (AvgIpc) is 2.11. The fourth-order valence-electron chi connectivity index (χ4n) is 1.36. The molecule has 0 aliphatic carbocycles. The standard InChI is InChI=1S/C9H11F3N2O2/c1-5(2)14-6(9(10,11)12)4-7(15)13(3)8(14)16/h4-5H,1-3H3. The zero-order valence-electron chi connectivity index (χ0n) is 9.00. The van der Waals surface area contributed by atoms with E-state index in [1.165, 1.54) is 13.8 Å². The van der Waals surface area contributed by atoms with Gasteiger partial charge in [0.2, 0.25) is 0 Å². The van der Waals surface area contributed by atoms with Gasteiger partial charge >= 0.3 is 11.9 Å². The van der Waals surface area contributed by atoms with Crippen LogP contribution in [0.15, 0.2) is 15.7 Å². The maximum Gasteiger partial charge on any atom is 0.431 e. The predicted molar refractivity (Wildman–Crippen MR) is 51.3 cm³/mol. The van der Waals surface area contributed by atoms with Gasteiger partial charge in [-0.05, 0) is 13.8 Å². The van der Waals surface area contributed by atoms with Gasteiger partial charge in [-0.15, -0.1) is 0 Å². The minimum Gasteiger partial charge on any atom is -0.287 e. The quantitative estimate of drug-likeness (QED) is 0.734. The summed E-state index contributed by atoms with van der Waals surface area (Å²) in [5, 5.41) is 0. The van der Waals surface area contributed by atoms with Gasteiger partial charge in [-0.25, -0.2) is 4.79 Å². The van der Waals surface area contributed by atoms with Gasteiger partial charge in [0, 0.05) is 19.2 Å². The molecule has 4 nitrogen and oxygen atoms in total. The van der Waals surface area contributed by atoms with Crippen molar-refractivity contribution in [2.24, 2.45) is 7.05 Å². The number of halogens is 3. The molecule has 0 saturated carbocycles. The Morgan fingerprint density at radius 3 is 2.12 bits per heavy atom. The molecule has 0 radical (unpaired) electrons. The van der Waals surface area contributed by atoms with Crippen molar-refractivity contribution in [2.75, 3.05) is 0 Å². The van der Waals surface area contributed by atoms with E-state index in [2.05, 4.69) is 0 Å². The smallest absolute Gasteiger partial charge is 0.287 e. The summed E-state index contributed by atoms with van der Waals surface area (Å²) in [6.45, 7) is 2.89. The lowest BCUT2D eigenvalue weighted by molar-refractivity contribution is -0.145. The first kappa shape index (κ1) is 12.5. The number of hydrogen-bond donors (Lipinski definition) is 0. The van der Waals surface area contributed by atoms with Crippen molar-refractivity contribution in [2.45, 2.75) is 26.1 Å². The van der Waals surface area contributed by atoms with Crippen LogP contribution in [-0.4, -0.2) is 9.13 Å². The monoisotopic (exact) mass is 236 g/mol. The molecule has 1 aromatic heterocycles. The second-order valence-corrected chi connectivity index (χ2v) is 3.67. The molecule has 90 valence electrons. The lowest BCUT2D eigenvalue weighted by Crippen LogP contribution is -2.41. The van der Waals surface area contributed by atoms with E-state index >= 15 is 0 Å². The minimum atomic E-state index is -4.71. The maximum absolute atomic E-state index is 12.6. The van der Waals surface area contributed by atoms with Gasteiger partial charge in [0.05, 0.1) is 0 Å². The van der Waals surface area contributed by atoms with Crippen LogP contribution in [0.3, 0.4) is 0 Å². The van der Waals surface area contributed by atoms with Crippen LogP contribution in [0.2, 0.25) is 0 Å². The minimum absolute atomic E-state index is 0.432. The number of aromatic nitrogens is 2. The summed E-state index contributed by atoms with van der Waals surface area (Å²) >= 11 is 0. The van der Waals surface area contributed by atoms with Gasteiger partial charge in [0.1, 0.15) is 5.69 Å². The highest BCUT2D eigenvalue weighted by Crippen LogP contribution is 2.28. The highest BCUT2D eigenvalue weighted by atomic mass is 19.4. The molecule has 0 unspecified atom stereocenters. The van der Waals surface area contributed by atoms with E-state index in [-0.39, 0.29) is 0 Å². The molecular formula is C9H11F3N2O2. The van der Waals surface area contributed by atoms with Gasteiger partial charge in [0.15, 0.2) is 0 Å². The average molecular weight is 236 g/mol. The summed E-state index contributed by atoms with van der Waals surface area (Å²) in [5.74, 6) is 0. The Kier molecular flexibility index (Phi) is 2.98. The molecule has 0 amide bonds. The van der Waals surface area contributed by atoms with Crippen LogP contribution in [0, 0.1) is 0 Å². The lowest BCUT2D eigenvalue weighted by Gasteiger charge is -2.18. The Bertz CT molecular complexity index is 511. The first-order valence-corrected chi connectivity index (χ1v) is 4.56. The van der Waals surface area contributed by atoms with Crippen molar-refractivity contribution in [3.8, 4) is 0 Å². The zero-order chi connectivity index (χ0) is 12.7. The Morgan fingerprint density at radius 2 is 1.75 bits per heavy atom. The number of hydrogen-bond acceptors (Lipinski definition) is 2.